The van der Waals surface area contributed by atoms with Crippen molar-refractivity contribution < 1.29 is 4.79 Å². The standard InChI is InChI=1S/C16H14ClN3O/c17-14-6-5-12(3-1-7-18)9-15(14)20-16(21)10-13-4-2-8-19-11-13/h2,4-6,8-9,11H,7,10,18H2,(H,20,21). The van der Waals surface area contributed by atoms with Gasteiger partial charge in [0.1, 0.15) is 0 Å². The summed E-state index contributed by atoms with van der Waals surface area (Å²) in [6, 6.07) is 8.84. The van der Waals surface area contributed by atoms with E-state index in [1.54, 1.807) is 36.7 Å². The second kappa shape index (κ2) is 7.44. The maximum absolute atomic E-state index is 12.0. The van der Waals surface area contributed by atoms with Gasteiger partial charge in [0.2, 0.25) is 5.91 Å². The molecule has 2 rings (SSSR count). The van der Waals surface area contributed by atoms with E-state index in [1.165, 1.54) is 0 Å². The molecule has 0 bridgehead atoms. The molecular formula is C16H14ClN3O. The fraction of sp³-hybridized carbons (Fsp3) is 0.125. The highest BCUT2D eigenvalue weighted by atomic mass is 35.5. The van der Waals surface area contributed by atoms with E-state index < -0.39 is 0 Å². The van der Waals surface area contributed by atoms with Gasteiger partial charge >= 0.3 is 0 Å². The molecule has 0 atom stereocenters. The van der Waals surface area contributed by atoms with Gasteiger partial charge in [0.25, 0.3) is 0 Å². The zero-order valence-electron chi connectivity index (χ0n) is 11.3. The Bertz CT molecular complexity index is 690. The molecular weight excluding hydrogens is 286 g/mol. The molecule has 0 saturated heterocycles. The average molecular weight is 300 g/mol. The zero-order chi connectivity index (χ0) is 15.1. The third kappa shape index (κ3) is 4.60. The molecule has 0 radical (unpaired) electrons. The molecule has 21 heavy (non-hydrogen) atoms. The maximum Gasteiger partial charge on any atom is 0.228 e. The molecule has 1 aromatic carbocycles. The number of rotatable bonds is 3. The van der Waals surface area contributed by atoms with Crippen LogP contribution in [0.1, 0.15) is 11.1 Å². The van der Waals surface area contributed by atoms with Crippen LogP contribution in [-0.4, -0.2) is 17.4 Å². The fourth-order valence-electron chi connectivity index (χ4n) is 1.73. The smallest absolute Gasteiger partial charge is 0.228 e. The number of aromatic nitrogens is 1. The molecule has 0 unspecified atom stereocenters. The van der Waals surface area contributed by atoms with Crippen molar-refractivity contribution >= 4 is 23.2 Å². The number of pyridine rings is 1. The van der Waals surface area contributed by atoms with Gasteiger partial charge in [0.05, 0.1) is 23.7 Å². The largest absolute Gasteiger partial charge is 0.324 e. The Kier molecular flexibility index (Phi) is 5.33. The van der Waals surface area contributed by atoms with Crippen LogP contribution in [0, 0.1) is 11.8 Å². The SMILES string of the molecule is NCC#Cc1ccc(Cl)c(NC(=O)Cc2cccnc2)c1. The van der Waals surface area contributed by atoms with Crippen molar-refractivity contribution in [1.82, 2.24) is 4.98 Å². The van der Waals surface area contributed by atoms with Gasteiger partial charge in [-0.2, -0.15) is 0 Å². The van der Waals surface area contributed by atoms with E-state index in [0.29, 0.717) is 10.7 Å². The number of benzene rings is 1. The van der Waals surface area contributed by atoms with Gasteiger partial charge in [-0.1, -0.05) is 29.5 Å². The van der Waals surface area contributed by atoms with E-state index in [0.717, 1.165) is 11.1 Å². The van der Waals surface area contributed by atoms with Crippen molar-refractivity contribution in [3.8, 4) is 11.8 Å². The van der Waals surface area contributed by atoms with Crippen LogP contribution in [0.2, 0.25) is 5.02 Å². The normalized spacial score (nSPS) is 9.62. The summed E-state index contributed by atoms with van der Waals surface area (Å²) >= 11 is 6.08. The lowest BCUT2D eigenvalue weighted by atomic mass is 10.1. The van der Waals surface area contributed by atoms with Crippen LogP contribution < -0.4 is 11.1 Å². The molecule has 0 aliphatic heterocycles. The second-order valence-electron chi connectivity index (χ2n) is 4.29. The number of nitrogens with one attached hydrogen (secondary N) is 1. The number of nitrogens with two attached hydrogens (primary N) is 1. The van der Waals surface area contributed by atoms with Gasteiger partial charge in [-0.25, -0.2) is 0 Å². The second-order valence-corrected chi connectivity index (χ2v) is 4.69. The van der Waals surface area contributed by atoms with Gasteiger partial charge in [-0.05, 0) is 29.8 Å². The topological polar surface area (TPSA) is 68.0 Å². The molecule has 2 aromatic rings. The monoisotopic (exact) mass is 299 g/mol. The number of hydrogen-bond acceptors (Lipinski definition) is 3. The number of nitrogens with zero attached hydrogens (tertiary/aromatic N) is 1. The van der Waals surface area contributed by atoms with Gasteiger partial charge < -0.3 is 11.1 Å². The van der Waals surface area contributed by atoms with Gasteiger partial charge in [-0.15, -0.1) is 0 Å². The summed E-state index contributed by atoms with van der Waals surface area (Å²) in [5.74, 6) is 5.50. The molecule has 0 aliphatic carbocycles. The van der Waals surface area contributed by atoms with Crippen molar-refractivity contribution in [2.24, 2.45) is 5.73 Å². The molecule has 5 heteroatoms. The van der Waals surface area contributed by atoms with E-state index in [-0.39, 0.29) is 18.9 Å². The quantitative estimate of drug-likeness (QED) is 0.854. The minimum Gasteiger partial charge on any atom is -0.324 e. The molecule has 4 nitrogen and oxygen atoms in total. The molecule has 0 saturated carbocycles. The highest BCUT2D eigenvalue weighted by Gasteiger charge is 2.07. The summed E-state index contributed by atoms with van der Waals surface area (Å²) in [5.41, 5.74) is 7.46. The molecule has 3 N–H and O–H groups in total. The van der Waals surface area contributed by atoms with Crippen LogP contribution in [0.4, 0.5) is 5.69 Å². The van der Waals surface area contributed by atoms with Gasteiger partial charge in [-0.3, -0.25) is 9.78 Å². The van der Waals surface area contributed by atoms with Crippen molar-refractivity contribution in [2.75, 3.05) is 11.9 Å². The summed E-state index contributed by atoms with van der Waals surface area (Å²) < 4.78 is 0. The van der Waals surface area contributed by atoms with Crippen LogP contribution in [0.5, 0.6) is 0 Å². The third-order valence-corrected chi connectivity index (χ3v) is 2.99. The number of carbonyl (C=O) groups is 1. The fourth-order valence-corrected chi connectivity index (χ4v) is 1.90. The number of hydrogen-bond donors (Lipinski definition) is 2. The highest BCUT2D eigenvalue weighted by Crippen LogP contribution is 2.23. The zero-order valence-corrected chi connectivity index (χ0v) is 12.0. The summed E-state index contributed by atoms with van der Waals surface area (Å²) in [6.07, 6.45) is 3.56. The van der Waals surface area contributed by atoms with Crippen molar-refractivity contribution in [2.45, 2.75) is 6.42 Å². The lowest BCUT2D eigenvalue weighted by Gasteiger charge is -2.07. The Hall–Kier alpha value is -2.35. The summed E-state index contributed by atoms with van der Waals surface area (Å²) in [6.45, 7) is 0.283. The Morgan fingerprint density at radius 3 is 2.95 bits per heavy atom. The predicted molar refractivity (Wildman–Crippen MR) is 84.0 cm³/mol. The highest BCUT2D eigenvalue weighted by molar-refractivity contribution is 6.33. The Balaban J connectivity index is 2.09. The Labute approximate surface area is 128 Å². The van der Waals surface area contributed by atoms with Crippen LogP contribution in [0.15, 0.2) is 42.7 Å². The molecule has 106 valence electrons. The van der Waals surface area contributed by atoms with E-state index in [4.69, 9.17) is 17.3 Å². The summed E-state index contributed by atoms with van der Waals surface area (Å²) in [7, 11) is 0. The van der Waals surface area contributed by atoms with Crippen molar-refractivity contribution in [1.29, 1.82) is 0 Å². The lowest BCUT2D eigenvalue weighted by Crippen LogP contribution is -2.14. The first-order valence-electron chi connectivity index (χ1n) is 6.36. The van der Waals surface area contributed by atoms with Gasteiger partial charge in [0, 0.05) is 18.0 Å². The lowest BCUT2D eigenvalue weighted by molar-refractivity contribution is -0.115. The molecule has 1 heterocycles. The molecule has 1 amide bonds. The number of anilines is 1. The minimum atomic E-state index is -0.158. The maximum atomic E-state index is 12.0. The van der Waals surface area contributed by atoms with Crippen LogP contribution >= 0.6 is 11.6 Å². The molecule has 1 aromatic heterocycles. The average Bonchev–Trinajstić information content (AvgIpc) is 2.49. The minimum absolute atomic E-state index is 0.158. The van der Waals surface area contributed by atoms with E-state index >= 15 is 0 Å². The van der Waals surface area contributed by atoms with E-state index in [2.05, 4.69) is 22.1 Å². The van der Waals surface area contributed by atoms with Gasteiger partial charge in [0.15, 0.2) is 0 Å². The van der Waals surface area contributed by atoms with E-state index in [9.17, 15) is 4.79 Å². The predicted octanol–water partition coefficient (Wildman–Crippen LogP) is 2.23. The molecule has 0 fully saturated rings. The first-order valence-corrected chi connectivity index (χ1v) is 6.74. The first kappa shape index (κ1) is 15.0. The van der Waals surface area contributed by atoms with Crippen molar-refractivity contribution in [3.05, 3.63) is 58.9 Å². The Morgan fingerprint density at radius 1 is 1.38 bits per heavy atom. The van der Waals surface area contributed by atoms with Crippen molar-refractivity contribution in [3.63, 3.8) is 0 Å². The molecule has 0 aliphatic rings. The number of amides is 1. The van der Waals surface area contributed by atoms with Crippen LogP contribution in [0.3, 0.4) is 0 Å². The van der Waals surface area contributed by atoms with Crippen LogP contribution in [-0.2, 0) is 11.2 Å². The number of carbonyl (C=O) groups excluding carboxylic acids is 1. The molecule has 0 spiro atoms. The third-order valence-electron chi connectivity index (χ3n) is 2.66. The Morgan fingerprint density at radius 2 is 2.24 bits per heavy atom. The first-order chi connectivity index (χ1) is 10.2. The van der Waals surface area contributed by atoms with E-state index in [1.807, 2.05) is 6.07 Å². The summed E-state index contributed by atoms with van der Waals surface area (Å²) in [4.78, 5) is 16.0. The summed E-state index contributed by atoms with van der Waals surface area (Å²) in [5, 5.41) is 3.24. The number of halogens is 1. The van der Waals surface area contributed by atoms with Crippen LogP contribution in [0.25, 0.3) is 0 Å².